The Bertz CT molecular complexity index is 542. The molecule has 0 saturated heterocycles. The van der Waals surface area contributed by atoms with E-state index in [1.165, 1.54) is 0 Å². The van der Waals surface area contributed by atoms with E-state index < -0.39 is 0 Å². The van der Waals surface area contributed by atoms with Gasteiger partial charge in [-0.1, -0.05) is 13.8 Å². The number of hydrogen-bond acceptors (Lipinski definition) is 3. The van der Waals surface area contributed by atoms with Crippen LogP contribution in [0.1, 0.15) is 44.2 Å². The summed E-state index contributed by atoms with van der Waals surface area (Å²) in [4.78, 5) is 3.97. The van der Waals surface area contributed by atoms with E-state index in [1.54, 1.807) is 17.0 Å². The standard InChI is InChI=1S/C13H17N5/c1-3-12(4-2)18-7-5-11(16-18)10-17-8-6-15-13(17)9-14/h5-8,12H,3-4,10H2,1-2H3. The van der Waals surface area contributed by atoms with E-state index >= 15 is 0 Å². The van der Waals surface area contributed by atoms with Gasteiger partial charge in [-0.3, -0.25) is 4.68 Å². The first-order valence-corrected chi connectivity index (χ1v) is 6.23. The first-order valence-electron chi connectivity index (χ1n) is 6.23. The average Bonchev–Trinajstić information content (AvgIpc) is 3.01. The van der Waals surface area contributed by atoms with Crippen LogP contribution in [0.15, 0.2) is 24.7 Å². The molecule has 0 saturated carbocycles. The van der Waals surface area contributed by atoms with E-state index in [0.29, 0.717) is 18.4 Å². The molecule has 0 fully saturated rings. The third-order valence-electron chi connectivity index (χ3n) is 3.13. The van der Waals surface area contributed by atoms with Crippen LogP contribution in [-0.2, 0) is 6.54 Å². The summed E-state index contributed by atoms with van der Waals surface area (Å²) in [5.41, 5.74) is 0.955. The van der Waals surface area contributed by atoms with Gasteiger partial charge in [0.2, 0.25) is 5.82 Å². The molecule has 2 heterocycles. The normalized spacial score (nSPS) is 10.8. The molecule has 0 spiro atoms. The smallest absolute Gasteiger partial charge is 0.213 e. The summed E-state index contributed by atoms with van der Waals surface area (Å²) in [6, 6.07) is 4.52. The van der Waals surface area contributed by atoms with E-state index in [0.717, 1.165) is 18.5 Å². The molecule has 0 N–H and O–H groups in total. The molecule has 94 valence electrons. The van der Waals surface area contributed by atoms with Crippen LogP contribution in [0.2, 0.25) is 0 Å². The van der Waals surface area contributed by atoms with Crippen LogP contribution in [0.3, 0.4) is 0 Å². The number of rotatable bonds is 5. The summed E-state index contributed by atoms with van der Waals surface area (Å²) in [6.07, 6.45) is 7.60. The van der Waals surface area contributed by atoms with Gasteiger partial charge < -0.3 is 4.57 Å². The van der Waals surface area contributed by atoms with Crippen molar-refractivity contribution in [1.82, 2.24) is 19.3 Å². The molecule has 0 unspecified atom stereocenters. The molecular weight excluding hydrogens is 226 g/mol. The third kappa shape index (κ3) is 2.43. The molecular formula is C13H17N5. The summed E-state index contributed by atoms with van der Waals surface area (Å²) in [7, 11) is 0. The van der Waals surface area contributed by atoms with Gasteiger partial charge in [-0.05, 0) is 18.9 Å². The lowest BCUT2D eigenvalue weighted by Gasteiger charge is -2.12. The largest absolute Gasteiger partial charge is 0.317 e. The molecule has 0 aliphatic carbocycles. The monoisotopic (exact) mass is 243 g/mol. The van der Waals surface area contributed by atoms with Crippen molar-refractivity contribution >= 4 is 0 Å². The lowest BCUT2D eigenvalue weighted by Crippen LogP contribution is -2.09. The van der Waals surface area contributed by atoms with E-state index in [1.807, 2.05) is 16.9 Å². The molecule has 0 atom stereocenters. The van der Waals surface area contributed by atoms with Gasteiger partial charge in [0.25, 0.3) is 0 Å². The topological polar surface area (TPSA) is 59.4 Å². The summed E-state index contributed by atoms with van der Waals surface area (Å²) in [5.74, 6) is 0.423. The summed E-state index contributed by atoms with van der Waals surface area (Å²) in [6.45, 7) is 4.92. The van der Waals surface area contributed by atoms with Crippen molar-refractivity contribution in [3.05, 3.63) is 36.2 Å². The van der Waals surface area contributed by atoms with Gasteiger partial charge in [0.05, 0.1) is 18.3 Å². The number of aromatic nitrogens is 4. The van der Waals surface area contributed by atoms with Crippen LogP contribution < -0.4 is 0 Å². The SMILES string of the molecule is CCC(CC)n1ccc(Cn2ccnc2C#N)n1. The zero-order chi connectivity index (χ0) is 13.0. The molecule has 5 heteroatoms. The molecule has 0 aromatic carbocycles. The minimum atomic E-state index is 0.423. The van der Waals surface area contributed by atoms with Crippen molar-refractivity contribution in [1.29, 1.82) is 5.26 Å². The maximum absolute atomic E-state index is 8.90. The van der Waals surface area contributed by atoms with Crippen LogP contribution in [-0.4, -0.2) is 19.3 Å². The van der Waals surface area contributed by atoms with Crippen molar-refractivity contribution < 1.29 is 0 Å². The highest BCUT2D eigenvalue weighted by Crippen LogP contribution is 2.15. The Morgan fingerprint density at radius 1 is 1.33 bits per heavy atom. The summed E-state index contributed by atoms with van der Waals surface area (Å²) < 4.78 is 3.82. The van der Waals surface area contributed by atoms with Crippen molar-refractivity contribution in [2.75, 3.05) is 0 Å². The fourth-order valence-electron chi connectivity index (χ4n) is 2.05. The fraction of sp³-hybridized carbons (Fsp3) is 0.462. The van der Waals surface area contributed by atoms with Crippen molar-refractivity contribution in [3.8, 4) is 6.07 Å². The first kappa shape index (κ1) is 12.4. The van der Waals surface area contributed by atoms with Gasteiger partial charge in [-0.25, -0.2) is 4.98 Å². The highest BCUT2D eigenvalue weighted by Gasteiger charge is 2.09. The van der Waals surface area contributed by atoms with Crippen molar-refractivity contribution in [2.24, 2.45) is 0 Å². The van der Waals surface area contributed by atoms with Crippen LogP contribution >= 0.6 is 0 Å². The molecule has 0 bridgehead atoms. The Hall–Kier alpha value is -2.09. The van der Waals surface area contributed by atoms with Crippen LogP contribution in [0.5, 0.6) is 0 Å². The van der Waals surface area contributed by atoms with Gasteiger partial charge in [0.1, 0.15) is 6.07 Å². The first-order chi connectivity index (χ1) is 8.78. The molecule has 0 radical (unpaired) electrons. The van der Waals surface area contributed by atoms with E-state index in [2.05, 4.69) is 30.0 Å². The fourth-order valence-corrected chi connectivity index (χ4v) is 2.05. The predicted octanol–water partition coefficient (Wildman–Crippen LogP) is 2.36. The zero-order valence-electron chi connectivity index (χ0n) is 10.7. The molecule has 0 aliphatic heterocycles. The maximum Gasteiger partial charge on any atom is 0.213 e. The molecule has 18 heavy (non-hydrogen) atoms. The van der Waals surface area contributed by atoms with E-state index in [4.69, 9.17) is 5.26 Å². The second-order valence-electron chi connectivity index (χ2n) is 4.25. The Labute approximate surface area is 107 Å². The minimum absolute atomic E-state index is 0.423. The number of imidazole rings is 1. The highest BCUT2D eigenvalue weighted by molar-refractivity contribution is 5.13. The predicted molar refractivity (Wildman–Crippen MR) is 67.9 cm³/mol. The van der Waals surface area contributed by atoms with E-state index in [9.17, 15) is 0 Å². The van der Waals surface area contributed by atoms with E-state index in [-0.39, 0.29) is 0 Å². The second-order valence-corrected chi connectivity index (χ2v) is 4.25. The molecule has 2 aromatic rings. The Kier molecular flexibility index (Phi) is 3.78. The number of hydrogen-bond donors (Lipinski definition) is 0. The quantitative estimate of drug-likeness (QED) is 0.810. The van der Waals surface area contributed by atoms with Crippen LogP contribution in [0, 0.1) is 11.3 Å². The van der Waals surface area contributed by atoms with Gasteiger partial charge >= 0.3 is 0 Å². The van der Waals surface area contributed by atoms with Gasteiger partial charge in [-0.2, -0.15) is 10.4 Å². The zero-order valence-corrected chi connectivity index (χ0v) is 10.7. The summed E-state index contributed by atoms with van der Waals surface area (Å²) in [5, 5.41) is 13.5. The molecule has 0 amide bonds. The van der Waals surface area contributed by atoms with Gasteiger partial charge in [0, 0.05) is 18.6 Å². The third-order valence-corrected chi connectivity index (χ3v) is 3.13. The van der Waals surface area contributed by atoms with Gasteiger partial charge in [-0.15, -0.1) is 0 Å². The number of nitrogens with zero attached hydrogens (tertiary/aromatic N) is 5. The Morgan fingerprint density at radius 2 is 2.11 bits per heavy atom. The molecule has 5 nitrogen and oxygen atoms in total. The van der Waals surface area contributed by atoms with Crippen LogP contribution in [0.25, 0.3) is 0 Å². The average molecular weight is 243 g/mol. The lowest BCUT2D eigenvalue weighted by atomic mass is 10.2. The summed E-state index contributed by atoms with van der Waals surface area (Å²) >= 11 is 0. The second kappa shape index (κ2) is 5.50. The molecule has 0 aliphatic rings. The highest BCUT2D eigenvalue weighted by atomic mass is 15.3. The van der Waals surface area contributed by atoms with Crippen LogP contribution in [0.4, 0.5) is 0 Å². The van der Waals surface area contributed by atoms with Crippen molar-refractivity contribution in [3.63, 3.8) is 0 Å². The lowest BCUT2D eigenvalue weighted by molar-refractivity contribution is 0.424. The number of nitriles is 1. The minimum Gasteiger partial charge on any atom is -0.317 e. The molecule has 2 aromatic heterocycles. The Balaban J connectivity index is 2.14. The molecule has 2 rings (SSSR count). The van der Waals surface area contributed by atoms with Crippen molar-refractivity contribution in [2.45, 2.75) is 39.3 Å². The maximum atomic E-state index is 8.90. The Morgan fingerprint density at radius 3 is 2.78 bits per heavy atom. The van der Waals surface area contributed by atoms with Gasteiger partial charge in [0.15, 0.2) is 0 Å².